The molecule has 0 fully saturated rings. The van der Waals surface area contributed by atoms with Crippen LogP contribution in [0.2, 0.25) is 0 Å². The Balaban J connectivity index is 2.22. The largest absolute Gasteiger partial charge is 0.450 e. The van der Waals surface area contributed by atoms with Crippen molar-refractivity contribution in [2.24, 2.45) is 5.92 Å². The number of anilines is 1. The van der Waals surface area contributed by atoms with Crippen LogP contribution in [0.5, 0.6) is 11.5 Å². The summed E-state index contributed by atoms with van der Waals surface area (Å²) in [5, 5.41) is 13.7. The Bertz CT molecular complexity index is 818. The summed E-state index contributed by atoms with van der Waals surface area (Å²) < 4.78 is 43.4. The quantitative estimate of drug-likeness (QED) is 0.595. The molecule has 0 aromatic heterocycles. The number of carbonyl (C=O) groups is 1. The van der Waals surface area contributed by atoms with Gasteiger partial charge in [-0.1, -0.05) is 13.8 Å². The van der Waals surface area contributed by atoms with Crippen molar-refractivity contribution in [2.75, 3.05) is 5.32 Å². The molecule has 2 aromatic carbocycles. The fourth-order valence-corrected chi connectivity index (χ4v) is 1.94. The van der Waals surface area contributed by atoms with Gasteiger partial charge in [-0.2, -0.15) is 13.2 Å². The van der Waals surface area contributed by atoms with Gasteiger partial charge in [-0.3, -0.25) is 14.9 Å². The van der Waals surface area contributed by atoms with Gasteiger partial charge in [0.1, 0.15) is 5.75 Å². The lowest BCUT2D eigenvalue weighted by Crippen LogP contribution is -2.17. The van der Waals surface area contributed by atoms with Gasteiger partial charge in [0.15, 0.2) is 0 Å². The molecule has 0 aliphatic carbocycles. The molecular weight excluding hydrogens is 353 g/mol. The van der Waals surface area contributed by atoms with E-state index in [1.165, 1.54) is 24.3 Å². The molecule has 2 rings (SSSR count). The molecule has 0 unspecified atom stereocenters. The second-order valence-electron chi connectivity index (χ2n) is 5.71. The highest BCUT2D eigenvalue weighted by molar-refractivity contribution is 5.92. The predicted octanol–water partition coefficient (Wildman–Crippen LogP) is 5.00. The van der Waals surface area contributed by atoms with Crippen molar-refractivity contribution in [3.05, 3.63) is 58.1 Å². The van der Waals surface area contributed by atoms with E-state index >= 15 is 0 Å². The maximum Gasteiger partial charge on any atom is 0.416 e. The van der Waals surface area contributed by atoms with E-state index in [2.05, 4.69) is 5.32 Å². The van der Waals surface area contributed by atoms with Crippen molar-refractivity contribution >= 4 is 17.3 Å². The number of hydrogen-bond donors (Lipinski definition) is 1. The SMILES string of the molecule is CC(C)C(=O)Nc1ccc(Oc2ccc(C(F)(F)F)cc2[N+](=O)[O-])cc1. The number of benzene rings is 2. The normalized spacial score (nSPS) is 11.3. The van der Waals surface area contributed by atoms with E-state index in [0.29, 0.717) is 17.8 Å². The Kier molecular flexibility index (Phi) is 5.49. The van der Waals surface area contributed by atoms with Crippen molar-refractivity contribution in [3.8, 4) is 11.5 Å². The minimum absolute atomic E-state index is 0.176. The van der Waals surface area contributed by atoms with E-state index in [9.17, 15) is 28.1 Å². The van der Waals surface area contributed by atoms with Crippen LogP contribution in [0.3, 0.4) is 0 Å². The lowest BCUT2D eigenvalue weighted by atomic mass is 10.2. The molecular formula is C17H15F3N2O4. The molecule has 2 aromatic rings. The van der Waals surface area contributed by atoms with Crippen LogP contribution < -0.4 is 10.1 Å². The average molecular weight is 368 g/mol. The van der Waals surface area contributed by atoms with Crippen molar-refractivity contribution in [2.45, 2.75) is 20.0 Å². The third kappa shape index (κ3) is 4.71. The zero-order chi connectivity index (χ0) is 19.5. The number of halogens is 3. The molecule has 1 amide bonds. The number of hydrogen-bond acceptors (Lipinski definition) is 4. The molecule has 9 heteroatoms. The Morgan fingerprint density at radius 2 is 1.77 bits per heavy atom. The maximum atomic E-state index is 12.7. The van der Waals surface area contributed by atoms with Gasteiger partial charge in [0.25, 0.3) is 0 Å². The number of nitro benzene ring substituents is 1. The first-order chi connectivity index (χ1) is 12.1. The highest BCUT2D eigenvalue weighted by Gasteiger charge is 2.33. The monoisotopic (exact) mass is 368 g/mol. The van der Waals surface area contributed by atoms with Gasteiger partial charge in [0.05, 0.1) is 10.5 Å². The average Bonchev–Trinajstić information content (AvgIpc) is 2.55. The molecule has 0 saturated carbocycles. The highest BCUT2D eigenvalue weighted by atomic mass is 19.4. The third-order valence-corrected chi connectivity index (χ3v) is 3.36. The Morgan fingerprint density at radius 1 is 1.15 bits per heavy atom. The van der Waals surface area contributed by atoms with E-state index in [4.69, 9.17) is 4.74 Å². The van der Waals surface area contributed by atoms with Crippen LogP contribution in [0.1, 0.15) is 19.4 Å². The fraction of sp³-hybridized carbons (Fsp3) is 0.235. The summed E-state index contributed by atoms with van der Waals surface area (Å²) in [5.74, 6) is -0.532. The van der Waals surface area contributed by atoms with Gasteiger partial charge in [-0.25, -0.2) is 0 Å². The van der Waals surface area contributed by atoms with E-state index < -0.39 is 22.4 Å². The summed E-state index contributed by atoms with van der Waals surface area (Å²) in [6, 6.07) is 7.95. The minimum atomic E-state index is -4.69. The highest BCUT2D eigenvalue weighted by Crippen LogP contribution is 2.37. The molecule has 0 heterocycles. The molecule has 26 heavy (non-hydrogen) atoms. The second kappa shape index (κ2) is 7.42. The van der Waals surface area contributed by atoms with E-state index in [1.54, 1.807) is 13.8 Å². The Morgan fingerprint density at radius 3 is 2.27 bits per heavy atom. The van der Waals surface area contributed by atoms with Crippen molar-refractivity contribution in [1.82, 2.24) is 0 Å². The number of alkyl halides is 3. The standard InChI is InChI=1S/C17H15F3N2O4/c1-10(2)16(23)21-12-4-6-13(7-5-12)26-15-8-3-11(17(18,19)20)9-14(15)22(24)25/h3-10H,1-2H3,(H,21,23). The first-order valence-electron chi connectivity index (χ1n) is 7.52. The molecule has 1 N–H and O–H groups in total. The fourth-order valence-electron chi connectivity index (χ4n) is 1.94. The third-order valence-electron chi connectivity index (χ3n) is 3.36. The Hall–Kier alpha value is -3.10. The number of nitrogens with zero attached hydrogens (tertiary/aromatic N) is 1. The predicted molar refractivity (Wildman–Crippen MR) is 88.1 cm³/mol. The number of nitrogens with one attached hydrogen (secondary N) is 1. The molecule has 6 nitrogen and oxygen atoms in total. The number of ether oxygens (including phenoxy) is 1. The van der Waals surface area contributed by atoms with Crippen molar-refractivity contribution < 1.29 is 27.6 Å². The molecule has 0 radical (unpaired) electrons. The van der Waals surface area contributed by atoms with Gasteiger partial charge < -0.3 is 10.1 Å². The topological polar surface area (TPSA) is 81.5 Å². The molecule has 0 bridgehead atoms. The zero-order valence-corrected chi connectivity index (χ0v) is 13.8. The minimum Gasteiger partial charge on any atom is -0.450 e. The summed E-state index contributed by atoms with van der Waals surface area (Å²) in [7, 11) is 0. The van der Waals surface area contributed by atoms with Gasteiger partial charge in [0, 0.05) is 17.7 Å². The van der Waals surface area contributed by atoms with Crippen LogP contribution in [0.4, 0.5) is 24.5 Å². The maximum absolute atomic E-state index is 12.7. The van der Waals surface area contributed by atoms with Gasteiger partial charge in [-0.15, -0.1) is 0 Å². The lowest BCUT2D eigenvalue weighted by Gasteiger charge is -2.11. The molecule has 0 aliphatic rings. The van der Waals surface area contributed by atoms with Crippen LogP contribution in [-0.2, 0) is 11.0 Å². The smallest absolute Gasteiger partial charge is 0.416 e. The van der Waals surface area contributed by atoms with Gasteiger partial charge >= 0.3 is 11.9 Å². The zero-order valence-electron chi connectivity index (χ0n) is 13.8. The molecule has 0 spiro atoms. The van der Waals surface area contributed by atoms with E-state index in [0.717, 1.165) is 6.07 Å². The summed E-state index contributed by atoms with van der Waals surface area (Å²) >= 11 is 0. The van der Waals surface area contributed by atoms with Crippen molar-refractivity contribution in [3.63, 3.8) is 0 Å². The van der Waals surface area contributed by atoms with Crippen LogP contribution in [0, 0.1) is 16.0 Å². The lowest BCUT2D eigenvalue weighted by molar-refractivity contribution is -0.385. The number of carbonyl (C=O) groups excluding carboxylic acids is 1. The first kappa shape index (κ1) is 19.2. The summed E-state index contributed by atoms with van der Waals surface area (Å²) in [4.78, 5) is 21.7. The number of nitro groups is 1. The van der Waals surface area contributed by atoms with Gasteiger partial charge in [-0.05, 0) is 36.4 Å². The molecule has 0 aliphatic heterocycles. The van der Waals surface area contributed by atoms with Crippen LogP contribution in [-0.4, -0.2) is 10.8 Å². The van der Waals surface area contributed by atoms with E-state index in [1.807, 2.05) is 0 Å². The van der Waals surface area contributed by atoms with E-state index in [-0.39, 0.29) is 23.3 Å². The van der Waals surface area contributed by atoms with Crippen LogP contribution >= 0.6 is 0 Å². The van der Waals surface area contributed by atoms with Gasteiger partial charge in [0.2, 0.25) is 11.7 Å². The summed E-state index contributed by atoms with van der Waals surface area (Å²) in [6.07, 6.45) is -4.69. The van der Waals surface area contributed by atoms with Crippen LogP contribution in [0.25, 0.3) is 0 Å². The second-order valence-corrected chi connectivity index (χ2v) is 5.71. The molecule has 138 valence electrons. The summed E-state index contributed by atoms with van der Waals surface area (Å²) in [5.41, 5.74) is -1.43. The number of rotatable bonds is 5. The Labute approximate surface area is 146 Å². The number of amides is 1. The summed E-state index contributed by atoms with van der Waals surface area (Å²) in [6.45, 7) is 3.47. The molecule has 0 saturated heterocycles. The molecule has 0 atom stereocenters. The van der Waals surface area contributed by atoms with Crippen LogP contribution in [0.15, 0.2) is 42.5 Å². The van der Waals surface area contributed by atoms with Crippen molar-refractivity contribution in [1.29, 1.82) is 0 Å². The first-order valence-corrected chi connectivity index (χ1v) is 7.52.